The zero-order valence-corrected chi connectivity index (χ0v) is 16.3. The zero-order chi connectivity index (χ0) is 20.1. The third-order valence-electron chi connectivity index (χ3n) is 4.36. The van der Waals surface area contributed by atoms with Crippen molar-refractivity contribution in [1.82, 2.24) is 25.1 Å². The molecule has 1 heterocycles. The molecule has 0 N–H and O–H groups in total. The van der Waals surface area contributed by atoms with E-state index in [-0.39, 0.29) is 5.91 Å². The maximum atomic E-state index is 12.9. The van der Waals surface area contributed by atoms with Crippen molar-refractivity contribution in [2.45, 2.75) is 25.9 Å². The van der Waals surface area contributed by atoms with Crippen LogP contribution in [0.4, 0.5) is 0 Å². The van der Waals surface area contributed by atoms with E-state index in [1.54, 1.807) is 36.2 Å². The average Bonchev–Trinajstić information content (AvgIpc) is 3.19. The van der Waals surface area contributed by atoms with E-state index in [9.17, 15) is 4.79 Å². The summed E-state index contributed by atoms with van der Waals surface area (Å²) < 4.78 is 0. The molecule has 0 radical (unpaired) electrons. The number of amides is 1. The number of tetrazole rings is 1. The van der Waals surface area contributed by atoms with Gasteiger partial charge >= 0.3 is 0 Å². The van der Waals surface area contributed by atoms with E-state index in [2.05, 4.69) is 21.5 Å². The minimum atomic E-state index is -0.545. The summed E-state index contributed by atoms with van der Waals surface area (Å²) in [4.78, 5) is 15.9. The highest BCUT2D eigenvalue weighted by molar-refractivity contribution is 6.30. The van der Waals surface area contributed by atoms with Gasteiger partial charge in [0.15, 0.2) is 6.04 Å². The van der Waals surface area contributed by atoms with Crippen LogP contribution in [0, 0.1) is 11.3 Å². The number of nitriles is 1. The van der Waals surface area contributed by atoms with Gasteiger partial charge in [-0.05, 0) is 53.6 Å². The Morgan fingerprint density at radius 3 is 2.50 bits per heavy atom. The van der Waals surface area contributed by atoms with Crippen molar-refractivity contribution in [3.05, 3.63) is 64.7 Å². The van der Waals surface area contributed by atoms with Gasteiger partial charge in [0.2, 0.25) is 11.7 Å². The van der Waals surface area contributed by atoms with Gasteiger partial charge in [0, 0.05) is 24.2 Å². The molecule has 8 heteroatoms. The number of halogens is 1. The van der Waals surface area contributed by atoms with E-state index >= 15 is 0 Å². The van der Waals surface area contributed by atoms with Crippen molar-refractivity contribution in [2.75, 3.05) is 7.05 Å². The predicted octanol–water partition coefficient (Wildman–Crippen LogP) is 3.47. The van der Waals surface area contributed by atoms with Crippen molar-refractivity contribution < 1.29 is 4.79 Å². The van der Waals surface area contributed by atoms with Crippen LogP contribution in [-0.2, 0) is 11.3 Å². The second-order valence-corrected chi connectivity index (χ2v) is 6.80. The monoisotopic (exact) mass is 394 g/mol. The first kappa shape index (κ1) is 19.5. The molecule has 0 saturated carbocycles. The van der Waals surface area contributed by atoms with Gasteiger partial charge in [0.1, 0.15) is 0 Å². The van der Waals surface area contributed by atoms with Gasteiger partial charge in [0.05, 0.1) is 11.6 Å². The highest BCUT2D eigenvalue weighted by Gasteiger charge is 2.25. The van der Waals surface area contributed by atoms with E-state index in [4.69, 9.17) is 16.9 Å². The van der Waals surface area contributed by atoms with Gasteiger partial charge in [-0.3, -0.25) is 4.79 Å². The van der Waals surface area contributed by atoms with Gasteiger partial charge in [-0.25, -0.2) is 0 Å². The Morgan fingerprint density at radius 1 is 1.21 bits per heavy atom. The first-order valence-electron chi connectivity index (χ1n) is 8.81. The van der Waals surface area contributed by atoms with Crippen molar-refractivity contribution in [1.29, 1.82) is 5.26 Å². The SMILES string of the molecule is CCC(C(=O)N(C)Cc1ccc(C#N)cc1)n1nnc(-c2ccc(Cl)cc2)n1. The second kappa shape index (κ2) is 8.63. The lowest BCUT2D eigenvalue weighted by atomic mass is 10.1. The van der Waals surface area contributed by atoms with Gasteiger partial charge < -0.3 is 4.90 Å². The molecule has 0 spiro atoms. The second-order valence-electron chi connectivity index (χ2n) is 6.37. The number of benzene rings is 2. The van der Waals surface area contributed by atoms with Crippen LogP contribution in [0.3, 0.4) is 0 Å². The maximum absolute atomic E-state index is 12.9. The molecular weight excluding hydrogens is 376 g/mol. The fourth-order valence-corrected chi connectivity index (χ4v) is 2.93. The summed E-state index contributed by atoms with van der Waals surface area (Å²) in [6.45, 7) is 2.34. The molecule has 0 fully saturated rings. The summed E-state index contributed by atoms with van der Waals surface area (Å²) >= 11 is 5.91. The summed E-state index contributed by atoms with van der Waals surface area (Å²) in [6, 6.07) is 15.8. The summed E-state index contributed by atoms with van der Waals surface area (Å²) in [7, 11) is 1.74. The highest BCUT2D eigenvalue weighted by atomic mass is 35.5. The Labute approximate surface area is 168 Å². The molecule has 1 atom stereocenters. The van der Waals surface area contributed by atoms with Crippen LogP contribution in [0.5, 0.6) is 0 Å². The molecule has 1 unspecified atom stereocenters. The highest BCUT2D eigenvalue weighted by Crippen LogP contribution is 2.19. The lowest BCUT2D eigenvalue weighted by Gasteiger charge is -2.22. The van der Waals surface area contributed by atoms with Crippen LogP contribution < -0.4 is 0 Å². The number of likely N-dealkylation sites (N-methyl/N-ethyl adjacent to an activating group) is 1. The Kier molecular flexibility index (Phi) is 6.02. The van der Waals surface area contributed by atoms with E-state index in [0.29, 0.717) is 29.4 Å². The number of hydrogen-bond acceptors (Lipinski definition) is 5. The molecule has 28 heavy (non-hydrogen) atoms. The quantitative estimate of drug-likeness (QED) is 0.638. The molecular formula is C20H19ClN6O. The van der Waals surface area contributed by atoms with Crippen molar-refractivity contribution in [3.8, 4) is 17.5 Å². The number of carbonyl (C=O) groups excluding carboxylic acids is 1. The molecule has 1 amide bonds. The Balaban J connectivity index is 1.73. The lowest BCUT2D eigenvalue weighted by Crippen LogP contribution is -2.34. The van der Waals surface area contributed by atoms with Crippen LogP contribution >= 0.6 is 11.6 Å². The van der Waals surface area contributed by atoms with Gasteiger partial charge in [0.25, 0.3) is 0 Å². The minimum Gasteiger partial charge on any atom is -0.340 e. The number of carbonyl (C=O) groups is 1. The fourth-order valence-electron chi connectivity index (χ4n) is 2.80. The molecule has 3 aromatic rings. The third-order valence-corrected chi connectivity index (χ3v) is 4.61. The number of aromatic nitrogens is 4. The maximum Gasteiger partial charge on any atom is 0.249 e. The van der Waals surface area contributed by atoms with Crippen LogP contribution in [0.25, 0.3) is 11.4 Å². The van der Waals surface area contributed by atoms with Gasteiger partial charge in [-0.2, -0.15) is 10.1 Å². The van der Waals surface area contributed by atoms with Gasteiger partial charge in [-0.1, -0.05) is 30.7 Å². The van der Waals surface area contributed by atoms with E-state index < -0.39 is 6.04 Å². The molecule has 0 aliphatic heterocycles. The van der Waals surface area contributed by atoms with Crippen LogP contribution in [0.1, 0.15) is 30.5 Å². The molecule has 0 aliphatic carbocycles. The van der Waals surface area contributed by atoms with E-state index in [0.717, 1.165) is 11.1 Å². The van der Waals surface area contributed by atoms with Crippen LogP contribution in [0.15, 0.2) is 48.5 Å². The van der Waals surface area contributed by atoms with E-state index in [1.807, 2.05) is 31.2 Å². The third kappa shape index (κ3) is 4.35. The summed E-state index contributed by atoms with van der Waals surface area (Å²) in [5, 5.41) is 22.0. The normalized spacial score (nSPS) is 11.6. The largest absolute Gasteiger partial charge is 0.340 e. The van der Waals surface area contributed by atoms with Crippen molar-refractivity contribution in [3.63, 3.8) is 0 Å². The summed E-state index contributed by atoms with van der Waals surface area (Å²) in [6.07, 6.45) is 0.535. The van der Waals surface area contributed by atoms with Gasteiger partial charge in [-0.15, -0.1) is 10.2 Å². The Morgan fingerprint density at radius 2 is 1.89 bits per heavy atom. The standard InChI is InChI=1S/C20H19ClN6O/c1-3-18(20(28)26(2)13-15-6-4-14(12-22)5-7-15)27-24-19(23-25-27)16-8-10-17(21)11-9-16/h4-11,18H,3,13H2,1-2H3. The van der Waals surface area contributed by atoms with E-state index in [1.165, 1.54) is 4.80 Å². The Bertz CT molecular complexity index is 991. The topological polar surface area (TPSA) is 87.7 Å². The molecule has 2 aromatic carbocycles. The Hall–Kier alpha value is -3.24. The zero-order valence-electron chi connectivity index (χ0n) is 15.6. The molecule has 1 aromatic heterocycles. The first-order chi connectivity index (χ1) is 13.5. The smallest absolute Gasteiger partial charge is 0.249 e. The number of hydrogen-bond donors (Lipinski definition) is 0. The van der Waals surface area contributed by atoms with Crippen LogP contribution in [0.2, 0.25) is 5.02 Å². The molecule has 7 nitrogen and oxygen atoms in total. The lowest BCUT2D eigenvalue weighted by molar-refractivity contribution is -0.134. The van der Waals surface area contributed by atoms with Crippen LogP contribution in [-0.4, -0.2) is 38.1 Å². The molecule has 142 valence electrons. The molecule has 3 rings (SSSR count). The number of rotatable bonds is 6. The summed E-state index contributed by atoms with van der Waals surface area (Å²) in [5.41, 5.74) is 2.31. The van der Waals surface area contributed by atoms with Crippen molar-refractivity contribution in [2.24, 2.45) is 0 Å². The first-order valence-corrected chi connectivity index (χ1v) is 9.19. The molecule has 0 bridgehead atoms. The van der Waals surface area contributed by atoms with Crippen molar-refractivity contribution >= 4 is 17.5 Å². The fraction of sp³-hybridized carbons (Fsp3) is 0.250. The predicted molar refractivity (Wildman–Crippen MR) is 105 cm³/mol. The average molecular weight is 395 g/mol. The number of nitrogens with zero attached hydrogens (tertiary/aromatic N) is 6. The molecule has 0 saturated heterocycles. The minimum absolute atomic E-state index is 0.105. The molecule has 0 aliphatic rings. The summed E-state index contributed by atoms with van der Waals surface area (Å²) in [5.74, 6) is 0.338.